The van der Waals surface area contributed by atoms with Crippen molar-refractivity contribution in [3.05, 3.63) is 100 Å². The Bertz CT molecular complexity index is 1060. The molecule has 4 nitrogen and oxygen atoms in total. The van der Waals surface area contributed by atoms with E-state index in [1.54, 1.807) is 18.2 Å². The summed E-state index contributed by atoms with van der Waals surface area (Å²) < 4.78 is 5.88. The molecule has 0 atom stereocenters. The van der Waals surface area contributed by atoms with Gasteiger partial charge >= 0.3 is 0 Å². The molecular weight excluding hydrogens is 384 g/mol. The molecular formula is C24H21ClN2O2. The van der Waals surface area contributed by atoms with E-state index >= 15 is 0 Å². The first kappa shape index (κ1) is 19.2. The van der Waals surface area contributed by atoms with Gasteiger partial charge in [0.25, 0.3) is 5.91 Å². The monoisotopic (exact) mass is 404 g/mol. The van der Waals surface area contributed by atoms with Crippen LogP contribution in [-0.4, -0.2) is 11.6 Å². The Morgan fingerprint density at radius 3 is 2.62 bits per heavy atom. The van der Waals surface area contributed by atoms with E-state index in [0.717, 1.165) is 36.1 Å². The van der Waals surface area contributed by atoms with E-state index in [-0.39, 0.29) is 12.5 Å². The molecule has 0 fully saturated rings. The van der Waals surface area contributed by atoms with Gasteiger partial charge in [-0.15, -0.1) is 0 Å². The highest BCUT2D eigenvalue weighted by Crippen LogP contribution is 2.23. The smallest absolute Gasteiger partial charge is 0.275 e. The highest BCUT2D eigenvalue weighted by Gasteiger charge is 2.17. The molecule has 0 spiro atoms. The first-order valence-electron chi connectivity index (χ1n) is 9.63. The van der Waals surface area contributed by atoms with E-state index in [9.17, 15) is 4.79 Å². The molecule has 0 unspecified atom stereocenters. The zero-order valence-corrected chi connectivity index (χ0v) is 16.7. The summed E-state index contributed by atoms with van der Waals surface area (Å²) >= 11 is 6.19. The summed E-state index contributed by atoms with van der Waals surface area (Å²) in [6, 6.07) is 22.8. The van der Waals surface area contributed by atoms with Crippen LogP contribution in [0, 0.1) is 0 Å². The van der Waals surface area contributed by atoms with Gasteiger partial charge in [-0.25, -0.2) is 5.43 Å². The number of halogens is 1. The van der Waals surface area contributed by atoms with E-state index in [1.165, 1.54) is 5.56 Å². The lowest BCUT2D eigenvalue weighted by Crippen LogP contribution is -2.22. The van der Waals surface area contributed by atoms with Crippen molar-refractivity contribution in [3.63, 3.8) is 0 Å². The maximum atomic E-state index is 12.8. The van der Waals surface area contributed by atoms with E-state index in [0.29, 0.717) is 16.3 Å². The van der Waals surface area contributed by atoms with Gasteiger partial charge < -0.3 is 4.74 Å². The van der Waals surface area contributed by atoms with Crippen LogP contribution in [0.5, 0.6) is 5.75 Å². The number of nitrogens with zero attached hydrogens (tertiary/aromatic N) is 1. The summed E-state index contributed by atoms with van der Waals surface area (Å²) in [6.07, 6.45) is 2.92. The highest BCUT2D eigenvalue weighted by atomic mass is 35.5. The summed E-state index contributed by atoms with van der Waals surface area (Å²) in [6.45, 7) is 0.284. The SMILES string of the molecule is O=C(N/N=C1\CCCc2ccccc21)c1ccccc1OCc1ccccc1Cl. The largest absolute Gasteiger partial charge is 0.488 e. The maximum absolute atomic E-state index is 12.8. The van der Waals surface area contributed by atoms with Crippen LogP contribution in [0.2, 0.25) is 5.02 Å². The average Bonchev–Trinajstić information content (AvgIpc) is 2.77. The molecule has 0 saturated carbocycles. The third kappa shape index (κ3) is 4.49. The van der Waals surface area contributed by atoms with Crippen LogP contribution in [0.4, 0.5) is 0 Å². The van der Waals surface area contributed by atoms with Gasteiger partial charge in [-0.3, -0.25) is 4.79 Å². The number of nitrogens with one attached hydrogen (secondary N) is 1. The van der Waals surface area contributed by atoms with Gasteiger partial charge in [0.1, 0.15) is 12.4 Å². The molecule has 0 saturated heterocycles. The lowest BCUT2D eigenvalue weighted by molar-refractivity contribution is 0.0950. The van der Waals surface area contributed by atoms with E-state index < -0.39 is 0 Å². The molecule has 0 aliphatic heterocycles. The second-order valence-corrected chi connectivity index (χ2v) is 7.29. The number of hydrogen-bond acceptors (Lipinski definition) is 3. The standard InChI is InChI=1S/C24H21ClN2O2/c25-21-13-5-2-9-18(21)16-29-23-15-6-4-12-20(23)24(28)27-26-22-14-7-10-17-8-1-3-11-19(17)22/h1-6,8-9,11-13,15H,7,10,14,16H2,(H,27,28)/b26-22+. The van der Waals surface area contributed by atoms with Crippen LogP contribution >= 0.6 is 11.6 Å². The number of hydrazone groups is 1. The topological polar surface area (TPSA) is 50.7 Å². The molecule has 5 heteroatoms. The summed E-state index contributed by atoms with van der Waals surface area (Å²) in [5.74, 6) is 0.199. The number of rotatable bonds is 5. The molecule has 0 radical (unpaired) electrons. The van der Waals surface area contributed by atoms with Crippen LogP contribution in [-0.2, 0) is 13.0 Å². The second-order valence-electron chi connectivity index (χ2n) is 6.89. The van der Waals surface area contributed by atoms with Gasteiger partial charge in [-0.1, -0.05) is 66.2 Å². The van der Waals surface area contributed by atoms with Crippen LogP contribution in [0.15, 0.2) is 77.9 Å². The maximum Gasteiger partial charge on any atom is 0.275 e. The molecule has 1 amide bonds. The second kappa shape index (κ2) is 8.93. The fourth-order valence-electron chi connectivity index (χ4n) is 3.45. The van der Waals surface area contributed by atoms with Crippen molar-refractivity contribution in [2.24, 2.45) is 5.10 Å². The number of aryl methyl sites for hydroxylation is 1. The Balaban J connectivity index is 1.49. The summed E-state index contributed by atoms with van der Waals surface area (Å²) in [7, 11) is 0. The van der Waals surface area contributed by atoms with Gasteiger partial charge in [-0.05, 0) is 43.0 Å². The van der Waals surface area contributed by atoms with Gasteiger partial charge in [0.15, 0.2) is 0 Å². The fraction of sp³-hybridized carbons (Fsp3) is 0.167. The Labute approximate surface area is 175 Å². The molecule has 1 aliphatic rings. The normalized spacial score (nSPS) is 14.3. The third-order valence-corrected chi connectivity index (χ3v) is 5.32. The number of carbonyl (C=O) groups is 1. The molecule has 146 valence electrons. The molecule has 3 aromatic rings. The molecule has 4 rings (SSSR count). The zero-order chi connectivity index (χ0) is 20.1. The molecule has 0 heterocycles. The van der Waals surface area contributed by atoms with Crippen LogP contribution < -0.4 is 10.2 Å². The molecule has 1 aliphatic carbocycles. The van der Waals surface area contributed by atoms with Crippen LogP contribution in [0.1, 0.15) is 39.9 Å². The van der Waals surface area contributed by atoms with Crippen molar-refractivity contribution < 1.29 is 9.53 Å². The Kier molecular flexibility index (Phi) is 5.92. The summed E-state index contributed by atoms with van der Waals surface area (Å²) in [4.78, 5) is 12.8. The minimum Gasteiger partial charge on any atom is -0.488 e. The quantitative estimate of drug-likeness (QED) is 0.579. The Morgan fingerprint density at radius 2 is 1.72 bits per heavy atom. The van der Waals surface area contributed by atoms with E-state index in [4.69, 9.17) is 16.3 Å². The average molecular weight is 405 g/mol. The summed E-state index contributed by atoms with van der Waals surface area (Å²) in [5.41, 5.74) is 7.30. The van der Waals surface area contributed by atoms with Crippen molar-refractivity contribution in [2.45, 2.75) is 25.9 Å². The third-order valence-electron chi connectivity index (χ3n) is 4.95. The van der Waals surface area contributed by atoms with E-state index in [2.05, 4.69) is 22.7 Å². The van der Waals surface area contributed by atoms with Gasteiger partial charge in [0.05, 0.1) is 11.3 Å². The number of ether oxygens (including phenoxy) is 1. The van der Waals surface area contributed by atoms with Crippen molar-refractivity contribution >= 4 is 23.2 Å². The fourth-order valence-corrected chi connectivity index (χ4v) is 3.64. The van der Waals surface area contributed by atoms with Crippen LogP contribution in [0.3, 0.4) is 0 Å². The molecule has 0 bridgehead atoms. The molecule has 1 N–H and O–H groups in total. The van der Waals surface area contributed by atoms with Gasteiger partial charge in [0.2, 0.25) is 0 Å². The Morgan fingerprint density at radius 1 is 0.966 bits per heavy atom. The zero-order valence-electron chi connectivity index (χ0n) is 15.9. The number of fused-ring (bicyclic) bond motifs is 1. The molecule has 3 aromatic carbocycles. The molecule has 29 heavy (non-hydrogen) atoms. The first-order chi connectivity index (χ1) is 14.2. The number of hydrogen-bond donors (Lipinski definition) is 1. The number of para-hydroxylation sites is 1. The lowest BCUT2D eigenvalue weighted by atomic mass is 9.90. The van der Waals surface area contributed by atoms with Crippen molar-refractivity contribution in [3.8, 4) is 5.75 Å². The van der Waals surface area contributed by atoms with Crippen molar-refractivity contribution in [2.75, 3.05) is 0 Å². The van der Waals surface area contributed by atoms with Crippen LogP contribution in [0.25, 0.3) is 0 Å². The predicted molar refractivity (Wildman–Crippen MR) is 116 cm³/mol. The lowest BCUT2D eigenvalue weighted by Gasteiger charge is -2.17. The minimum atomic E-state index is -0.296. The van der Waals surface area contributed by atoms with Crippen molar-refractivity contribution in [1.29, 1.82) is 0 Å². The van der Waals surface area contributed by atoms with E-state index in [1.807, 2.05) is 42.5 Å². The number of carbonyl (C=O) groups excluding carboxylic acids is 1. The first-order valence-corrected chi connectivity index (χ1v) is 10.0. The summed E-state index contributed by atoms with van der Waals surface area (Å²) in [5, 5.41) is 5.05. The Hall–Kier alpha value is -3.11. The highest BCUT2D eigenvalue weighted by molar-refractivity contribution is 6.31. The van der Waals surface area contributed by atoms with Gasteiger partial charge in [0, 0.05) is 16.1 Å². The number of benzene rings is 3. The van der Waals surface area contributed by atoms with Gasteiger partial charge in [-0.2, -0.15) is 5.10 Å². The van der Waals surface area contributed by atoms with Crippen molar-refractivity contribution in [1.82, 2.24) is 5.43 Å². The predicted octanol–water partition coefficient (Wildman–Crippen LogP) is 5.39. The molecule has 0 aromatic heterocycles. The number of amides is 1. The minimum absolute atomic E-state index is 0.284.